The number of pyridine rings is 1. The third-order valence-electron chi connectivity index (χ3n) is 5.82. The SMILES string of the molecule is Cc1cccc(Cl)c1[C@]1(Nc2ccc3cc(C#N)cnc3c2)CCN(C(=O)OC(C)(C)C)C1. The van der Waals surface area contributed by atoms with Gasteiger partial charge in [0.05, 0.1) is 23.2 Å². The van der Waals surface area contributed by atoms with Crippen molar-refractivity contribution in [2.75, 3.05) is 18.4 Å². The van der Waals surface area contributed by atoms with Crippen molar-refractivity contribution in [2.24, 2.45) is 0 Å². The van der Waals surface area contributed by atoms with Gasteiger partial charge in [0.2, 0.25) is 0 Å². The average Bonchev–Trinajstić information content (AvgIpc) is 3.17. The van der Waals surface area contributed by atoms with Crippen molar-refractivity contribution in [3.8, 4) is 6.07 Å². The number of aryl methyl sites for hydroxylation is 1. The van der Waals surface area contributed by atoms with Crippen LogP contribution >= 0.6 is 11.6 Å². The Morgan fingerprint density at radius 1 is 1.27 bits per heavy atom. The zero-order valence-corrected chi connectivity index (χ0v) is 20.0. The molecule has 1 atom stereocenters. The highest BCUT2D eigenvalue weighted by Crippen LogP contribution is 2.41. The molecule has 1 saturated heterocycles. The molecule has 2 aromatic carbocycles. The molecule has 0 saturated carbocycles. The number of aromatic nitrogens is 1. The summed E-state index contributed by atoms with van der Waals surface area (Å²) < 4.78 is 5.63. The normalized spacial score (nSPS) is 18.2. The van der Waals surface area contributed by atoms with Crippen molar-refractivity contribution < 1.29 is 9.53 Å². The molecule has 1 fully saturated rings. The molecule has 1 amide bonds. The molecule has 170 valence electrons. The van der Waals surface area contributed by atoms with Gasteiger partial charge in [-0.1, -0.05) is 29.8 Å². The van der Waals surface area contributed by atoms with Crippen molar-refractivity contribution >= 4 is 34.3 Å². The fraction of sp³-hybridized carbons (Fsp3) is 0.346. The quantitative estimate of drug-likeness (QED) is 0.515. The van der Waals surface area contributed by atoms with E-state index in [0.29, 0.717) is 30.1 Å². The lowest BCUT2D eigenvalue weighted by molar-refractivity contribution is 0.0286. The van der Waals surface area contributed by atoms with E-state index in [-0.39, 0.29) is 6.09 Å². The second kappa shape index (κ2) is 8.57. The zero-order valence-electron chi connectivity index (χ0n) is 19.3. The van der Waals surface area contributed by atoms with Gasteiger partial charge in [0.1, 0.15) is 11.7 Å². The number of halogens is 1. The van der Waals surface area contributed by atoms with E-state index in [4.69, 9.17) is 21.6 Å². The molecule has 2 heterocycles. The van der Waals surface area contributed by atoms with E-state index in [0.717, 1.165) is 27.7 Å². The number of amides is 1. The topological polar surface area (TPSA) is 78.3 Å². The van der Waals surface area contributed by atoms with E-state index in [1.165, 1.54) is 0 Å². The van der Waals surface area contributed by atoms with Gasteiger partial charge in [-0.25, -0.2) is 4.79 Å². The molecule has 0 unspecified atom stereocenters. The van der Waals surface area contributed by atoms with Gasteiger partial charge in [0, 0.05) is 34.4 Å². The summed E-state index contributed by atoms with van der Waals surface area (Å²) in [5, 5.41) is 14.4. The largest absolute Gasteiger partial charge is 0.444 e. The average molecular weight is 463 g/mol. The first-order valence-corrected chi connectivity index (χ1v) is 11.3. The second-order valence-electron chi connectivity index (χ2n) is 9.53. The van der Waals surface area contributed by atoms with E-state index in [9.17, 15) is 4.79 Å². The van der Waals surface area contributed by atoms with Crippen LogP contribution in [0.3, 0.4) is 0 Å². The Kier molecular flexibility index (Phi) is 5.94. The Hall–Kier alpha value is -3.30. The van der Waals surface area contributed by atoms with Crippen LogP contribution < -0.4 is 5.32 Å². The minimum atomic E-state index is -0.584. The van der Waals surface area contributed by atoms with Gasteiger partial charge in [-0.2, -0.15) is 5.26 Å². The highest BCUT2D eigenvalue weighted by Gasteiger charge is 2.44. The minimum absolute atomic E-state index is 0.333. The summed E-state index contributed by atoms with van der Waals surface area (Å²) >= 11 is 6.71. The van der Waals surface area contributed by atoms with Crippen LogP contribution in [0, 0.1) is 18.3 Å². The van der Waals surface area contributed by atoms with E-state index in [1.54, 1.807) is 11.1 Å². The fourth-order valence-electron chi connectivity index (χ4n) is 4.44. The summed E-state index contributed by atoms with van der Waals surface area (Å²) in [5.74, 6) is 0. The Balaban J connectivity index is 1.73. The number of fused-ring (bicyclic) bond motifs is 1. The predicted molar refractivity (Wildman–Crippen MR) is 130 cm³/mol. The number of benzene rings is 2. The maximum atomic E-state index is 12.8. The van der Waals surface area contributed by atoms with Gasteiger partial charge in [-0.15, -0.1) is 0 Å². The van der Waals surface area contributed by atoms with Gasteiger partial charge < -0.3 is 15.0 Å². The van der Waals surface area contributed by atoms with E-state index < -0.39 is 11.1 Å². The lowest BCUT2D eigenvalue weighted by atomic mass is 9.85. The number of nitrogens with zero attached hydrogens (tertiary/aromatic N) is 3. The molecule has 0 aliphatic carbocycles. The summed E-state index contributed by atoms with van der Waals surface area (Å²) in [7, 11) is 0. The number of hydrogen-bond acceptors (Lipinski definition) is 5. The lowest BCUT2D eigenvalue weighted by Crippen LogP contribution is -2.42. The number of rotatable bonds is 3. The molecule has 1 aliphatic rings. The highest BCUT2D eigenvalue weighted by atomic mass is 35.5. The summed E-state index contributed by atoms with van der Waals surface area (Å²) in [6, 6.07) is 15.7. The summed E-state index contributed by atoms with van der Waals surface area (Å²) in [5.41, 5.74) is 3.05. The van der Waals surface area contributed by atoms with Crippen molar-refractivity contribution in [3.05, 3.63) is 70.4 Å². The number of carbonyl (C=O) groups excluding carboxylic acids is 1. The smallest absolute Gasteiger partial charge is 0.410 e. The van der Waals surface area contributed by atoms with Crippen LogP contribution in [0.5, 0.6) is 0 Å². The number of likely N-dealkylation sites (tertiary alicyclic amines) is 1. The first kappa shape index (κ1) is 22.9. The number of hydrogen-bond donors (Lipinski definition) is 1. The Morgan fingerprint density at radius 3 is 2.76 bits per heavy atom. The molecular formula is C26H27ClN4O2. The minimum Gasteiger partial charge on any atom is -0.444 e. The van der Waals surface area contributed by atoms with Gasteiger partial charge >= 0.3 is 6.09 Å². The number of nitriles is 1. The molecule has 7 heteroatoms. The molecule has 4 rings (SSSR count). The van der Waals surface area contributed by atoms with E-state index in [2.05, 4.69) is 16.4 Å². The molecule has 0 radical (unpaired) electrons. The zero-order chi connectivity index (χ0) is 23.8. The van der Waals surface area contributed by atoms with E-state index in [1.807, 2.05) is 70.2 Å². The molecule has 1 N–H and O–H groups in total. The Labute approximate surface area is 199 Å². The number of anilines is 1. The van der Waals surface area contributed by atoms with Crippen LogP contribution in [0.4, 0.5) is 10.5 Å². The predicted octanol–water partition coefficient (Wildman–Crippen LogP) is 6.02. The third kappa shape index (κ3) is 4.74. The van der Waals surface area contributed by atoms with Crippen molar-refractivity contribution in [1.82, 2.24) is 9.88 Å². The maximum Gasteiger partial charge on any atom is 0.410 e. The second-order valence-corrected chi connectivity index (χ2v) is 9.94. The summed E-state index contributed by atoms with van der Waals surface area (Å²) in [4.78, 5) is 19.0. The van der Waals surface area contributed by atoms with Crippen LogP contribution in [-0.4, -0.2) is 34.7 Å². The number of nitrogens with one attached hydrogen (secondary N) is 1. The Bertz CT molecular complexity index is 1240. The van der Waals surface area contributed by atoms with Gasteiger partial charge in [-0.05, 0) is 63.9 Å². The monoisotopic (exact) mass is 462 g/mol. The number of carbonyl (C=O) groups is 1. The number of ether oxygens (including phenoxy) is 1. The van der Waals surface area contributed by atoms with Crippen LogP contribution in [0.1, 0.15) is 43.9 Å². The van der Waals surface area contributed by atoms with Crippen LogP contribution in [0.2, 0.25) is 5.02 Å². The first-order chi connectivity index (χ1) is 15.6. The lowest BCUT2D eigenvalue weighted by Gasteiger charge is -2.34. The molecule has 1 aromatic heterocycles. The Morgan fingerprint density at radius 2 is 2.06 bits per heavy atom. The molecule has 0 spiro atoms. The molecule has 33 heavy (non-hydrogen) atoms. The van der Waals surface area contributed by atoms with E-state index >= 15 is 0 Å². The molecule has 3 aromatic rings. The van der Waals surface area contributed by atoms with Gasteiger partial charge in [0.25, 0.3) is 0 Å². The van der Waals surface area contributed by atoms with Crippen LogP contribution in [0.25, 0.3) is 10.9 Å². The fourth-order valence-corrected chi connectivity index (χ4v) is 4.84. The molecule has 1 aliphatic heterocycles. The maximum absolute atomic E-state index is 12.8. The van der Waals surface area contributed by atoms with Crippen LogP contribution in [0.15, 0.2) is 48.7 Å². The standard InChI is InChI=1S/C26H27ClN4O2/c1-17-6-5-7-21(27)23(17)26(10-11-31(16-26)24(32)33-25(2,3)4)30-20-9-8-19-12-18(14-28)15-29-22(19)13-20/h5-9,12-13,15,30H,10-11,16H2,1-4H3/t26-/m0/s1. The highest BCUT2D eigenvalue weighted by molar-refractivity contribution is 6.31. The molecule has 6 nitrogen and oxygen atoms in total. The van der Waals surface area contributed by atoms with Gasteiger partial charge in [-0.3, -0.25) is 4.98 Å². The van der Waals surface area contributed by atoms with Crippen molar-refractivity contribution in [1.29, 1.82) is 5.26 Å². The molecular weight excluding hydrogens is 436 g/mol. The summed E-state index contributed by atoms with van der Waals surface area (Å²) in [6.07, 6.45) is 1.91. The van der Waals surface area contributed by atoms with Crippen LogP contribution in [-0.2, 0) is 10.3 Å². The molecule has 0 bridgehead atoms. The first-order valence-electron chi connectivity index (χ1n) is 10.9. The third-order valence-corrected chi connectivity index (χ3v) is 6.13. The van der Waals surface area contributed by atoms with Crippen molar-refractivity contribution in [2.45, 2.75) is 45.3 Å². The van der Waals surface area contributed by atoms with Crippen molar-refractivity contribution in [3.63, 3.8) is 0 Å². The summed E-state index contributed by atoms with van der Waals surface area (Å²) in [6.45, 7) is 8.60. The van der Waals surface area contributed by atoms with Gasteiger partial charge in [0.15, 0.2) is 0 Å².